The van der Waals surface area contributed by atoms with E-state index >= 15 is 0 Å². The molecule has 1 unspecified atom stereocenters. The van der Waals surface area contributed by atoms with Gasteiger partial charge in [0.15, 0.2) is 11.6 Å². The molecule has 3 nitrogen and oxygen atoms in total. The summed E-state index contributed by atoms with van der Waals surface area (Å²) in [7, 11) is 0. The first-order valence-electron chi connectivity index (χ1n) is 6.08. The Hall–Kier alpha value is -1.04. The van der Waals surface area contributed by atoms with Crippen molar-refractivity contribution in [1.82, 2.24) is 5.32 Å². The van der Waals surface area contributed by atoms with Gasteiger partial charge in [0.05, 0.1) is 12.2 Å². The van der Waals surface area contributed by atoms with Crippen molar-refractivity contribution >= 4 is 0 Å². The zero-order valence-corrected chi connectivity index (χ0v) is 9.94. The van der Waals surface area contributed by atoms with Gasteiger partial charge < -0.3 is 15.5 Å². The maximum Gasteiger partial charge on any atom is 0.159 e. The van der Waals surface area contributed by atoms with Crippen molar-refractivity contribution < 1.29 is 19.0 Å². The number of rotatable bonds is 5. The van der Waals surface area contributed by atoms with E-state index in [4.69, 9.17) is 5.11 Å². The fourth-order valence-corrected chi connectivity index (χ4v) is 2.13. The van der Waals surface area contributed by atoms with Gasteiger partial charge in [-0.05, 0) is 43.0 Å². The van der Waals surface area contributed by atoms with Crippen molar-refractivity contribution in [3.8, 4) is 0 Å². The fraction of sp³-hybridized carbons (Fsp3) is 0.538. The molecule has 0 saturated heterocycles. The average Bonchev–Trinajstić information content (AvgIpc) is 2.30. The van der Waals surface area contributed by atoms with Crippen LogP contribution < -0.4 is 5.32 Å². The SMILES string of the molecule is OC1CC(CNCC(O)c2ccc(F)c(F)c2)C1. The normalized spacial score (nSPS) is 24.7. The minimum Gasteiger partial charge on any atom is -0.393 e. The summed E-state index contributed by atoms with van der Waals surface area (Å²) in [5.74, 6) is -1.42. The van der Waals surface area contributed by atoms with Crippen molar-refractivity contribution in [2.75, 3.05) is 13.1 Å². The lowest BCUT2D eigenvalue weighted by Crippen LogP contribution is -2.37. The summed E-state index contributed by atoms with van der Waals surface area (Å²) in [5, 5.41) is 22.0. The third-order valence-corrected chi connectivity index (χ3v) is 3.31. The molecule has 1 aliphatic carbocycles. The first-order chi connectivity index (χ1) is 8.56. The van der Waals surface area contributed by atoms with Gasteiger partial charge >= 0.3 is 0 Å². The van der Waals surface area contributed by atoms with Gasteiger partial charge in [-0.2, -0.15) is 0 Å². The number of aliphatic hydroxyl groups excluding tert-OH is 2. The van der Waals surface area contributed by atoms with E-state index in [0.717, 1.165) is 31.5 Å². The molecule has 1 aromatic carbocycles. The zero-order chi connectivity index (χ0) is 13.1. The highest BCUT2D eigenvalue weighted by molar-refractivity contribution is 5.20. The summed E-state index contributed by atoms with van der Waals surface area (Å²) < 4.78 is 25.7. The Bertz CT molecular complexity index is 408. The third kappa shape index (κ3) is 3.25. The third-order valence-electron chi connectivity index (χ3n) is 3.31. The number of nitrogens with one attached hydrogen (secondary N) is 1. The van der Waals surface area contributed by atoms with E-state index in [9.17, 15) is 13.9 Å². The van der Waals surface area contributed by atoms with Crippen molar-refractivity contribution in [1.29, 1.82) is 0 Å². The maximum atomic E-state index is 13.0. The molecule has 0 aromatic heterocycles. The first-order valence-corrected chi connectivity index (χ1v) is 6.08. The Labute approximate surface area is 104 Å². The van der Waals surface area contributed by atoms with Crippen LogP contribution in [0, 0.1) is 17.6 Å². The smallest absolute Gasteiger partial charge is 0.159 e. The fourth-order valence-electron chi connectivity index (χ4n) is 2.13. The molecule has 1 aliphatic rings. The summed E-state index contributed by atoms with van der Waals surface area (Å²) in [5.41, 5.74) is 0.357. The van der Waals surface area contributed by atoms with Gasteiger partial charge in [0.25, 0.3) is 0 Å². The summed E-state index contributed by atoms with van der Waals surface area (Å²) in [6.45, 7) is 1.01. The van der Waals surface area contributed by atoms with Crippen LogP contribution >= 0.6 is 0 Å². The molecule has 0 bridgehead atoms. The predicted molar refractivity (Wildman–Crippen MR) is 62.9 cm³/mol. The van der Waals surface area contributed by atoms with Gasteiger partial charge in [0, 0.05) is 6.54 Å². The monoisotopic (exact) mass is 257 g/mol. The van der Waals surface area contributed by atoms with E-state index in [0.29, 0.717) is 11.5 Å². The van der Waals surface area contributed by atoms with E-state index in [-0.39, 0.29) is 12.6 Å². The van der Waals surface area contributed by atoms with Crippen LogP contribution in [-0.4, -0.2) is 29.4 Å². The second-order valence-electron chi connectivity index (χ2n) is 4.84. The van der Waals surface area contributed by atoms with Gasteiger partial charge in [-0.1, -0.05) is 6.07 Å². The van der Waals surface area contributed by atoms with Gasteiger partial charge in [-0.3, -0.25) is 0 Å². The molecule has 0 aliphatic heterocycles. The average molecular weight is 257 g/mol. The van der Waals surface area contributed by atoms with E-state index in [2.05, 4.69) is 5.32 Å². The Morgan fingerprint density at radius 3 is 2.61 bits per heavy atom. The van der Waals surface area contributed by atoms with Crippen LogP contribution in [0.4, 0.5) is 8.78 Å². The predicted octanol–water partition coefficient (Wildman–Crippen LogP) is 1.36. The van der Waals surface area contributed by atoms with E-state index < -0.39 is 17.7 Å². The van der Waals surface area contributed by atoms with Gasteiger partial charge in [-0.25, -0.2) is 8.78 Å². The molecule has 5 heteroatoms. The minimum absolute atomic E-state index is 0.187. The van der Waals surface area contributed by atoms with Gasteiger partial charge in [0.1, 0.15) is 0 Å². The molecule has 100 valence electrons. The molecule has 0 spiro atoms. The topological polar surface area (TPSA) is 52.5 Å². The van der Waals surface area contributed by atoms with Crippen LogP contribution in [0.1, 0.15) is 24.5 Å². The van der Waals surface area contributed by atoms with Crippen molar-refractivity contribution in [3.63, 3.8) is 0 Å². The second kappa shape index (κ2) is 5.73. The molecule has 1 fully saturated rings. The number of hydrogen-bond acceptors (Lipinski definition) is 3. The highest BCUT2D eigenvalue weighted by Gasteiger charge is 2.26. The summed E-state index contributed by atoms with van der Waals surface area (Å²) >= 11 is 0. The van der Waals surface area contributed by atoms with Crippen LogP contribution in [0.2, 0.25) is 0 Å². The molecular formula is C13H17F2NO2. The Kier molecular flexibility index (Phi) is 4.27. The van der Waals surface area contributed by atoms with Crippen LogP contribution in [-0.2, 0) is 0 Å². The lowest BCUT2D eigenvalue weighted by Gasteiger charge is -2.31. The highest BCUT2D eigenvalue weighted by Crippen LogP contribution is 2.26. The van der Waals surface area contributed by atoms with Crippen molar-refractivity contribution in [2.24, 2.45) is 5.92 Å². The van der Waals surface area contributed by atoms with Crippen molar-refractivity contribution in [2.45, 2.75) is 25.0 Å². The summed E-state index contributed by atoms with van der Waals surface area (Å²) in [6, 6.07) is 3.39. The Morgan fingerprint density at radius 2 is 2.00 bits per heavy atom. The van der Waals surface area contributed by atoms with Crippen LogP contribution in [0.15, 0.2) is 18.2 Å². The van der Waals surface area contributed by atoms with Crippen LogP contribution in [0.25, 0.3) is 0 Å². The van der Waals surface area contributed by atoms with Crippen LogP contribution in [0.3, 0.4) is 0 Å². The summed E-state index contributed by atoms with van der Waals surface area (Å²) in [4.78, 5) is 0. The molecule has 1 saturated carbocycles. The molecule has 0 amide bonds. The lowest BCUT2D eigenvalue weighted by molar-refractivity contribution is 0.0415. The van der Waals surface area contributed by atoms with E-state index in [1.54, 1.807) is 0 Å². The molecule has 18 heavy (non-hydrogen) atoms. The Morgan fingerprint density at radius 1 is 1.28 bits per heavy atom. The quantitative estimate of drug-likeness (QED) is 0.746. The standard InChI is InChI=1S/C13H17F2NO2/c14-11-2-1-9(5-12(11)15)13(18)7-16-6-8-3-10(17)4-8/h1-2,5,8,10,13,16-18H,3-4,6-7H2. The minimum atomic E-state index is -0.950. The van der Waals surface area contributed by atoms with Crippen molar-refractivity contribution in [3.05, 3.63) is 35.4 Å². The van der Waals surface area contributed by atoms with Crippen LogP contribution in [0.5, 0.6) is 0 Å². The maximum absolute atomic E-state index is 13.0. The molecule has 1 aromatic rings. The van der Waals surface area contributed by atoms with E-state index in [1.807, 2.05) is 0 Å². The molecule has 0 heterocycles. The van der Waals surface area contributed by atoms with Gasteiger partial charge in [0.2, 0.25) is 0 Å². The highest BCUT2D eigenvalue weighted by atomic mass is 19.2. The first kappa shape index (κ1) is 13.4. The summed E-state index contributed by atoms with van der Waals surface area (Å²) in [6.07, 6.45) is 0.528. The second-order valence-corrected chi connectivity index (χ2v) is 4.84. The van der Waals surface area contributed by atoms with E-state index in [1.165, 1.54) is 6.07 Å². The number of benzene rings is 1. The molecule has 1 atom stereocenters. The number of aliphatic hydroxyl groups is 2. The lowest BCUT2D eigenvalue weighted by atomic mass is 9.82. The Balaban J connectivity index is 1.76. The largest absolute Gasteiger partial charge is 0.393 e. The molecule has 0 radical (unpaired) electrons. The van der Waals surface area contributed by atoms with Gasteiger partial charge in [-0.15, -0.1) is 0 Å². The zero-order valence-electron chi connectivity index (χ0n) is 9.94. The molecule has 3 N–H and O–H groups in total. The number of halogens is 2. The molecular weight excluding hydrogens is 240 g/mol. The molecule has 2 rings (SSSR count). The number of hydrogen-bond donors (Lipinski definition) is 3.